The molecule has 0 saturated carbocycles. The number of nitrogens with zero attached hydrogens (tertiary/aromatic N) is 2. The Bertz CT molecular complexity index is 506. The van der Waals surface area contributed by atoms with E-state index in [0.29, 0.717) is 13.1 Å². The zero-order chi connectivity index (χ0) is 14.4. The van der Waals surface area contributed by atoms with Gasteiger partial charge < -0.3 is 14.8 Å². The first-order valence-corrected chi connectivity index (χ1v) is 6.22. The van der Waals surface area contributed by atoms with Crippen LogP contribution in [-0.4, -0.2) is 53.3 Å². The largest absolute Gasteiger partial charge is 0.342 e. The van der Waals surface area contributed by atoms with Crippen molar-refractivity contribution in [3.8, 4) is 0 Å². The molecule has 0 saturated heterocycles. The summed E-state index contributed by atoms with van der Waals surface area (Å²) >= 11 is 0. The number of aromatic nitrogens is 1. The summed E-state index contributed by atoms with van der Waals surface area (Å²) in [5.41, 5.74) is -0.410. The lowest BCUT2D eigenvalue weighted by Crippen LogP contribution is -2.42. The second-order valence-corrected chi connectivity index (χ2v) is 4.14. The molecule has 0 fully saturated rings. The first-order valence-electron chi connectivity index (χ1n) is 6.22. The number of hydrogen-bond acceptors (Lipinski definition) is 3. The van der Waals surface area contributed by atoms with E-state index in [1.54, 1.807) is 11.0 Å². The van der Waals surface area contributed by atoms with E-state index in [-0.39, 0.29) is 18.0 Å². The third-order valence-electron chi connectivity index (χ3n) is 2.88. The minimum absolute atomic E-state index is 0.0329. The van der Waals surface area contributed by atoms with Crippen molar-refractivity contribution in [1.82, 2.24) is 14.8 Å². The van der Waals surface area contributed by atoms with Crippen LogP contribution in [0.4, 0.5) is 0 Å². The van der Waals surface area contributed by atoms with Crippen LogP contribution in [0, 0.1) is 0 Å². The molecule has 0 aliphatic rings. The van der Waals surface area contributed by atoms with Crippen LogP contribution in [0.25, 0.3) is 0 Å². The van der Waals surface area contributed by atoms with Gasteiger partial charge in [-0.3, -0.25) is 14.4 Å². The molecule has 0 unspecified atom stereocenters. The highest BCUT2D eigenvalue weighted by Gasteiger charge is 2.19. The van der Waals surface area contributed by atoms with Crippen molar-refractivity contribution in [2.24, 2.45) is 0 Å². The first kappa shape index (κ1) is 14.9. The molecule has 0 bridgehead atoms. The Hall–Kier alpha value is -2.11. The van der Waals surface area contributed by atoms with E-state index in [1.165, 1.54) is 24.2 Å². The van der Waals surface area contributed by atoms with E-state index in [1.807, 2.05) is 13.8 Å². The first-order chi connectivity index (χ1) is 9.01. The summed E-state index contributed by atoms with van der Waals surface area (Å²) in [6.45, 7) is 4.93. The van der Waals surface area contributed by atoms with Crippen molar-refractivity contribution in [1.29, 1.82) is 0 Å². The average Bonchev–Trinajstić information content (AvgIpc) is 2.39. The number of carbonyl (C=O) groups is 2. The van der Waals surface area contributed by atoms with E-state index in [4.69, 9.17) is 0 Å². The van der Waals surface area contributed by atoms with Gasteiger partial charge in [0.2, 0.25) is 5.91 Å². The second kappa shape index (κ2) is 6.72. The Morgan fingerprint density at radius 2 is 1.89 bits per heavy atom. The zero-order valence-corrected chi connectivity index (χ0v) is 11.5. The molecule has 1 N–H and O–H groups in total. The highest BCUT2D eigenvalue weighted by molar-refractivity contribution is 5.95. The Morgan fingerprint density at radius 1 is 1.26 bits per heavy atom. The monoisotopic (exact) mass is 265 g/mol. The molecular formula is C13H19N3O3. The Morgan fingerprint density at radius 3 is 2.42 bits per heavy atom. The van der Waals surface area contributed by atoms with Crippen LogP contribution in [0.2, 0.25) is 0 Å². The van der Waals surface area contributed by atoms with Crippen LogP contribution in [0.3, 0.4) is 0 Å². The number of hydrogen-bond donors (Lipinski definition) is 1. The maximum absolute atomic E-state index is 12.0. The predicted molar refractivity (Wildman–Crippen MR) is 72.0 cm³/mol. The summed E-state index contributed by atoms with van der Waals surface area (Å²) in [5.74, 6) is -0.587. The molecule has 0 radical (unpaired) electrons. The fourth-order valence-corrected chi connectivity index (χ4v) is 1.75. The molecule has 1 heterocycles. The summed E-state index contributed by atoms with van der Waals surface area (Å²) in [4.78, 5) is 40.7. The number of likely N-dealkylation sites (N-methyl/N-ethyl adjacent to an activating group) is 2. The number of H-pyrrole nitrogens is 1. The van der Waals surface area contributed by atoms with E-state index in [9.17, 15) is 14.4 Å². The third kappa shape index (κ3) is 3.67. The lowest BCUT2D eigenvalue weighted by atomic mass is 10.2. The highest BCUT2D eigenvalue weighted by Crippen LogP contribution is 1.99. The molecule has 0 aliphatic carbocycles. The molecule has 0 aliphatic heterocycles. The smallest absolute Gasteiger partial charge is 0.260 e. The van der Waals surface area contributed by atoms with E-state index < -0.39 is 11.5 Å². The second-order valence-electron chi connectivity index (χ2n) is 4.14. The van der Waals surface area contributed by atoms with E-state index in [0.717, 1.165) is 0 Å². The lowest BCUT2D eigenvalue weighted by molar-refractivity contribution is -0.131. The topological polar surface area (TPSA) is 73.5 Å². The average molecular weight is 265 g/mol. The van der Waals surface area contributed by atoms with Gasteiger partial charge in [-0.25, -0.2) is 0 Å². The third-order valence-corrected chi connectivity index (χ3v) is 2.88. The van der Waals surface area contributed by atoms with Gasteiger partial charge in [-0.2, -0.15) is 0 Å². The summed E-state index contributed by atoms with van der Waals surface area (Å²) in [6.07, 6.45) is 1.46. The van der Waals surface area contributed by atoms with Gasteiger partial charge >= 0.3 is 0 Å². The molecule has 0 atom stereocenters. The van der Waals surface area contributed by atoms with Crippen LogP contribution < -0.4 is 5.56 Å². The fraction of sp³-hybridized carbons (Fsp3) is 0.462. The molecule has 104 valence electrons. The number of nitrogens with one attached hydrogen (secondary N) is 1. The van der Waals surface area contributed by atoms with Crippen molar-refractivity contribution in [2.45, 2.75) is 13.8 Å². The van der Waals surface area contributed by atoms with Gasteiger partial charge in [0.15, 0.2) is 0 Å². The summed E-state index contributed by atoms with van der Waals surface area (Å²) < 4.78 is 0. The lowest BCUT2D eigenvalue weighted by Gasteiger charge is -2.23. The Balaban J connectivity index is 2.76. The number of aromatic amines is 1. The van der Waals surface area contributed by atoms with Gasteiger partial charge in [0.05, 0.1) is 6.54 Å². The van der Waals surface area contributed by atoms with E-state index in [2.05, 4.69) is 4.98 Å². The quantitative estimate of drug-likeness (QED) is 0.833. The van der Waals surface area contributed by atoms with Crippen molar-refractivity contribution in [3.05, 3.63) is 34.2 Å². The Labute approximate surface area is 112 Å². The number of amides is 2. The van der Waals surface area contributed by atoms with Crippen LogP contribution in [0.5, 0.6) is 0 Å². The normalized spacial score (nSPS) is 10.1. The number of rotatable bonds is 5. The predicted octanol–water partition coefficient (Wildman–Crippen LogP) is 0.315. The van der Waals surface area contributed by atoms with Crippen molar-refractivity contribution in [2.75, 3.05) is 26.7 Å². The molecule has 1 aromatic heterocycles. The molecule has 6 nitrogen and oxygen atoms in total. The molecular weight excluding hydrogens is 246 g/mol. The van der Waals surface area contributed by atoms with Gasteiger partial charge in [-0.1, -0.05) is 0 Å². The minimum atomic E-state index is -0.456. The van der Waals surface area contributed by atoms with Crippen LogP contribution >= 0.6 is 0 Å². The minimum Gasteiger partial charge on any atom is -0.342 e. The maximum atomic E-state index is 12.0. The van der Waals surface area contributed by atoms with Gasteiger partial charge in [0.1, 0.15) is 5.56 Å². The molecule has 0 spiro atoms. The molecule has 19 heavy (non-hydrogen) atoms. The standard InChI is InChI=1S/C13H19N3O3/c1-4-16(5-2)11(17)9-15(3)13(19)10-7-6-8-14-12(10)18/h6-8H,4-5,9H2,1-3H3,(H,14,18). The van der Waals surface area contributed by atoms with Crippen LogP contribution in [0.1, 0.15) is 24.2 Å². The zero-order valence-electron chi connectivity index (χ0n) is 11.5. The Kier molecular flexibility index (Phi) is 5.29. The highest BCUT2D eigenvalue weighted by atomic mass is 16.2. The molecule has 1 aromatic rings. The molecule has 1 rings (SSSR count). The summed E-state index contributed by atoms with van der Waals surface area (Å²) in [5, 5.41) is 0. The number of carbonyl (C=O) groups excluding carboxylic acids is 2. The number of pyridine rings is 1. The summed E-state index contributed by atoms with van der Waals surface area (Å²) in [7, 11) is 1.51. The van der Waals surface area contributed by atoms with Crippen LogP contribution in [-0.2, 0) is 4.79 Å². The fourth-order valence-electron chi connectivity index (χ4n) is 1.75. The molecule has 2 amide bonds. The summed E-state index contributed by atoms with van der Waals surface area (Å²) in [6, 6.07) is 3.02. The van der Waals surface area contributed by atoms with Gasteiger partial charge in [-0.05, 0) is 26.0 Å². The molecule has 6 heteroatoms. The van der Waals surface area contributed by atoms with Crippen molar-refractivity contribution in [3.63, 3.8) is 0 Å². The van der Waals surface area contributed by atoms with E-state index >= 15 is 0 Å². The molecule has 0 aromatic carbocycles. The maximum Gasteiger partial charge on any atom is 0.260 e. The SMILES string of the molecule is CCN(CC)C(=O)CN(C)C(=O)c1ccc[nH]c1=O. The van der Waals surface area contributed by atoms with Gasteiger partial charge in [-0.15, -0.1) is 0 Å². The van der Waals surface area contributed by atoms with Crippen molar-refractivity contribution >= 4 is 11.8 Å². The van der Waals surface area contributed by atoms with Crippen LogP contribution in [0.15, 0.2) is 23.1 Å². The van der Waals surface area contributed by atoms with Gasteiger partial charge in [0, 0.05) is 26.3 Å². The van der Waals surface area contributed by atoms with Crippen molar-refractivity contribution < 1.29 is 9.59 Å². The van der Waals surface area contributed by atoms with Gasteiger partial charge in [0.25, 0.3) is 11.5 Å².